The van der Waals surface area contributed by atoms with E-state index in [2.05, 4.69) is 10.4 Å². The summed E-state index contributed by atoms with van der Waals surface area (Å²) in [5.41, 5.74) is -0.577. The van der Waals surface area contributed by atoms with Gasteiger partial charge in [-0.2, -0.15) is 18.3 Å². The second kappa shape index (κ2) is 6.51. The molecular weight excluding hydrogens is 315 g/mol. The molecule has 0 bridgehead atoms. The van der Waals surface area contributed by atoms with Crippen molar-refractivity contribution in [1.82, 2.24) is 9.78 Å². The highest BCUT2D eigenvalue weighted by Gasteiger charge is 2.30. The molecule has 1 aromatic heterocycles. The predicted octanol–water partition coefficient (Wildman–Crippen LogP) is 2.63. The Morgan fingerprint density at radius 3 is 2.39 bits per heavy atom. The van der Waals surface area contributed by atoms with Crippen LogP contribution in [0.2, 0.25) is 0 Å². The van der Waals surface area contributed by atoms with Crippen molar-refractivity contribution in [2.45, 2.75) is 19.1 Å². The molecule has 0 unspecified atom stereocenters. The Morgan fingerprint density at radius 1 is 1.17 bits per heavy atom. The number of rotatable bonds is 5. The number of hydrogen-bond acceptors (Lipinski definition) is 3. The fourth-order valence-corrected chi connectivity index (χ4v) is 1.76. The number of benzene rings is 1. The van der Waals surface area contributed by atoms with Crippen LogP contribution in [0.4, 0.5) is 18.9 Å². The molecule has 1 aromatic carbocycles. The zero-order chi connectivity index (χ0) is 17.0. The van der Waals surface area contributed by atoms with Crippen LogP contribution < -0.4 is 5.32 Å². The lowest BCUT2D eigenvalue weighted by atomic mass is 10.2. The van der Waals surface area contributed by atoms with Gasteiger partial charge in [-0.1, -0.05) is 0 Å². The Kier molecular flexibility index (Phi) is 4.68. The van der Waals surface area contributed by atoms with Crippen LogP contribution >= 0.6 is 0 Å². The molecule has 6 nitrogen and oxygen atoms in total. The Labute approximate surface area is 128 Å². The van der Waals surface area contributed by atoms with Gasteiger partial charge in [-0.05, 0) is 30.3 Å². The number of aromatic nitrogens is 2. The molecule has 0 aliphatic heterocycles. The molecule has 0 saturated heterocycles. The third-order valence-electron chi connectivity index (χ3n) is 2.90. The molecular formula is C14H12F3N3O3. The van der Waals surface area contributed by atoms with E-state index in [-0.39, 0.29) is 24.3 Å². The van der Waals surface area contributed by atoms with Crippen LogP contribution in [-0.2, 0) is 17.5 Å². The van der Waals surface area contributed by atoms with Gasteiger partial charge in [-0.3, -0.25) is 14.3 Å². The number of carbonyl (C=O) groups is 2. The minimum Gasteiger partial charge on any atom is -0.481 e. The number of halogens is 3. The van der Waals surface area contributed by atoms with Gasteiger partial charge in [0.15, 0.2) is 5.69 Å². The third-order valence-corrected chi connectivity index (χ3v) is 2.90. The summed E-state index contributed by atoms with van der Waals surface area (Å²) in [6, 6.07) is 5.40. The van der Waals surface area contributed by atoms with Crippen molar-refractivity contribution in [1.29, 1.82) is 0 Å². The maximum Gasteiger partial charge on any atom is 0.416 e. The summed E-state index contributed by atoms with van der Waals surface area (Å²) in [4.78, 5) is 22.4. The Morgan fingerprint density at radius 2 is 1.83 bits per heavy atom. The van der Waals surface area contributed by atoms with Gasteiger partial charge in [-0.15, -0.1) is 0 Å². The van der Waals surface area contributed by atoms with Crippen molar-refractivity contribution < 1.29 is 27.9 Å². The van der Waals surface area contributed by atoms with E-state index in [0.717, 1.165) is 24.3 Å². The predicted molar refractivity (Wildman–Crippen MR) is 73.9 cm³/mol. The maximum atomic E-state index is 12.4. The van der Waals surface area contributed by atoms with Crippen LogP contribution in [0.1, 0.15) is 22.5 Å². The number of aliphatic carboxylic acids is 1. The first-order chi connectivity index (χ1) is 10.8. The van der Waals surface area contributed by atoms with Crippen LogP contribution in [0.25, 0.3) is 0 Å². The molecule has 2 N–H and O–H groups in total. The number of nitrogens with zero attached hydrogens (tertiary/aromatic N) is 2. The van der Waals surface area contributed by atoms with Gasteiger partial charge in [0.25, 0.3) is 5.91 Å². The summed E-state index contributed by atoms with van der Waals surface area (Å²) < 4.78 is 38.6. The molecule has 1 amide bonds. The van der Waals surface area contributed by atoms with E-state index in [1.54, 1.807) is 0 Å². The number of hydrogen-bond donors (Lipinski definition) is 2. The topological polar surface area (TPSA) is 84.2 Å². The first-order valence-corrected chi connectivity index (χ1v) is 6.49. The monoisotopic (exact) mass is 327 g/mol. The molecule has 0 spiro atoms. The largest absolute Gasteiger partial charge is 0.481 e. The van der Waals surface area contributed by atoms with Gasteiger partial charge in [0.1, 0.15) is 0 Å². The second-order valence-corrected chi connectivity index (χ2v) is 4.64. The highest BCUT2D eigenvalue weighted by atomic mass is 19.4. The Balaban J connectivity index is 2.00. The van der Waals surface area contributed by atoms with Crippen molar-refractivity contribution in [2.24, 2.45) is 0 Å². The van der Waals surface area contributed by atoms with Crippen LogP contribution in [0, 0.1) is 0 Å². The highest BCUT2D eigenvalue weighted by Crippen LogP contribution is 2.29. The summed E-state index contributed by atoms with van der Waals surface area (Å²) in [6.45, 7) is 0.114. The van der Waals surface area contributed by atoms with Gasteiger partial charge in [0.2, 0.25) is 0 Å². The maximum absolute atomic E-state index is 12.4. The molecule has 0 aliphatic carbocycles. The van der Waals surface area contributed by atoms with Crippen molar-refractivity contribution in [3.63, 3.8) is 0 Å². The smallest absolute Gasteiger partial charge is 0.416 e. The van der Waals surface area contributed by atoms with E-state index in [4.69, 9.17) is 5.11 Å². The summed E-state index contributed by atoms with van der Waals surface area (Å²) in [5.74, 6) is -1.59. The Hall–Kier alpha value is -2.84. The molecule has 0 atom stereocenters. The minimum absolute atomic E-state index is 0.0373. The zero-order valence-corrected chi connectivity index (χ0v) is 11.7. The third kappa shape index (κ3) is 4.56. The lowest BCUT2D eigenvalue weighted by Gasteiger charge is -2.08. The van der Waals surface area contributed by atoms with E-state index in [1.165, 1.54) is 16.9 Å². The number of carboxylic acid groups (broad SMARTS) is 1. The summed E-state index contributed by atoms with van der Waals surface area (Å²) in [5, 5.41) is 14.9. The SMILES string of the molecule is O=C(O)CCn1ccc(C(=O)Nc2ccc(C(F)(F)F)cc2)n1. The molecule has 0 saturated carbocycles. The lowest BCUT2D eigenvalue weighted by molar-refractivity contribution is -0.138. The van der Waals surface area contributed by atoms with Gasteiger partial charge in [-0.25, -0.2) is 0 Å². The van der Waals surface area contributed by atoms with E-state index < -0.39 is 23.6 Å². The fraction of sp³-hybridized carbons (Fsp3) is 0.214. The normalized spacial score (nSPS) is 11.3. The van der Waals surface area contributed by atoms with Crippen LogP contribution in [0.3, 0.4) is 0 Å². The summed E-state index contributed by atoms with van der Waals surface area (Å²) >= 11 is 0. The molecule has 0 radical (unpaired) electrons. The first-order valence-electron chi connectivity index (χ1n) is 6.49. The van der Waals surface area contributed by atoms with Gasteiger partial charge < -0.3 is 10.4 Å². The number of carbonyl (C=O) groups excluding carboxylic acids is 1. The number of nitrogens with one attached hydrogen (secondary N) is 1. The molecule has 23 heavy (non-hydrogen) atoms. The Bertz CT molecular complexity index is 708. The van der Waals surface area contributed by atoms with Crippen LogP contribution in [0.15, 0.2) is 36.5 Å². The highest BCUT2D eigenvalue weighted by molar-refractivity contribution is 6.02. The number of aryl methyl sites for hydroxylation is 1. The molecule has 1 heterocycles. The van der Waals surface area contributed by atoms with Gasteiger partial charge >= 0.3 is 12.1 Å². The average Bonchev–Trinajstić information content (AvgIpc) is 2.93. The number of alkyl halides is 3. The summed E-state index contributed by atoms with van der Waals surface area (Å²) in [7, 11) is 0. The zero-order valence-electron chi connectivity index (χ0n) is 11.7. The summed E-state index contributed by atoms with van der Waals surface area (Å²) in [6.07, 6.45) is -3.13. The van der Waals surface area contributed by atoms with Crippen molar-refractivity contribution in [2.75, 3.05) is 5.32 Å². The lowest BCUT2D eigenvalue weighted by Crippen LogP contribution is -2.14. The fourth-order valence-electron chi connectivity index (χ4n) is 1.76. The molecule has 2 rings (SSSR count). The van der Waals surface area contributed by atoms with Crippen LogP contribution in [-0.4, -0.2) is 26.8 Å². The molecule has 0 fully saturated rings. The molecule has 2 aromatic rings. The number of amides is 1. The van der Waals surface area contributed by atoms with Crippen molar-refractivity contribution in [3.05, 3.63) is 47.8 Å². The van der Waals surface area contributed by atoms with Gasteiger partial charge in [0.05, 0.1) is 18.5 Å². The van der Waals surface area contributed by atoms with Crippen LogP contribution in [0.5, 0.6) is 0 Å². The van der Waals surface area contributed by atoms with E-state index >= 15 is 0 Å². The van der Waals surface area contributed by atoms with Crippen molar-refractivity contribution in [3.8, 4) is 0 Å². The average molecular weight is 327 g/mol. The van der Waals surface area contributed by atoms with Gasteiger partial charge in [0, 0.05) is 11.9 Å². The minimum atomic E-state index is -4.44. The van der Waals surface area contributed by atoms with E-state index in [9.17, 15) is 22.8 Å². The van der Waals surface area contributed by atoms with Crippen molar-refractivity contribution >= 4 is 17.6 Å². The van der Waals surface area contributed by atoms with E-state index in [1.807, 2.05) is 0 Å². The standard InChI is InChI=1S/C14H12F3N3O3/c15-14(16,17)9-1-3-10(4-2-9)18-13(23)11-5-7-20(19-11)8-6-12(21)22/h1-5,7H,6,8H2,(H,18,23)(H,21,22). The first kappa shape index (κ1) is 16.5. The molecule has 0 aliphatic rings. The van der Waals surface area contributed by atoms with E-state index in [0.29, 0.717) is 0 Å². The second-order valence-electron chi connectivity index (χ2n) is 4.64. The number of anilines is 1. The molecule has 122 valence electrons. The quantitative estimate of drug-likeness (QED) is 0.884. The number of carboxylic acids is 1. The molecule has 9 heteroatoms.